The molecule has 0 unspecified atom stereocenters. The van der Waals surface area contributed by atoms with E-state index in [1.807, 2.05) is 20.8 Å². The normalized spacial score (nSPS) is 16.2. The Morgan fingerprint density at radius 3 is 2.24 bits per heavy atom. The summed E-state index contributed by atoms with van der Waals surface area (Å²) in [5, 5.41) is 5.69. The molecule has 1 fully saturated rings. The Kier molecular flexibility index (Phi) is 4.32. The van der Waals surface area contributed by atoms with Crippen molar-refractivity contribution in [1.82, 2.24) is 5.32 Å². The van der Waals surface area contributed by atoms with Crippen molar-refractivity contribution in [2.75, 3.05) is 5.32 Å². The molecule has 0 aromatic heterocycles. The van der Waals surface area contributed by atoms with Crippen LogP contribution in [0.25, 0.3) is 0 Å². The summed E-state index contributed by atoms with van der Waals surface area (Å²) < 4.78 is 0. The summed E-state index contributed by atoms with van der Waals surface area (Å²) in [6.07, 6.45) is 2.12. The highest BCUT2D eigenvalue weighted by Crippen LogP contribution is 2.21. The van der Waals surface area contributed by atoms with E-state index in [2.05, 4.69) is 10.6 Å². The molecule has 0 spiro atoms. The second-order valence-electron chi connectivity index (χ2n) is 6.66. The third kappa shape index (κ3) is 4.29. The summed E-state index contributed by atoms with van der Waals surface area (Å²) >= 11 is 0. The number of amides is 2. The molecule has 1 aliphatic carbocycles. The molecule has 1 aliphatic rings. The highest BCUT2D eigenvalue weighted by molar-refractivity contribution is 5.97. The Morgan fingerprint density at radius 1 is 1.19 bits per heavy atom. The molecule has 2 amide bonds. The van der Waals surface area contributed by atoms with Crippen LogP contribution in [0.1, 0.15) is 44.0 Å². The number of carbonyl (C=O) groups is 2. The molecular weight excluding hydrogens is 266 g/mol. The zero-order valence-corrected chi connectivity index (χ0v) is 12.8. The highest BCUT2D eigenvalue weighted by Gasteiger charge is 2.27. The third-order valence-corrected chi connectivity index (χ3v) is 3.54. The fraction of sp³-hybridized carbons (Fsp3) is 0.500. The van der Waals surface area contributed by atoms with E-state index in [-0.39, 0.29) is 17.2 Å². The van der Waals surface area contributed by atoms with Crippen molar-refractivity contribution in [3.05, 3.63) is 29.8 Å². The molecule has 5 nitrogen and oxygen atoms in total. The number of rotatable bonds is 4. The Balaban J connectivity index is 1.95. The molecular formula is C16H23N3O2. The van der Waals surface area contributed by atoms with Gasteiger partial charge in [-0.1, -0.05) is 20.8 Å². The standard InChI is InChI=1S/C16H23N3O2/c1-16(2,3)13(17)15(21)19-11-6-4-10(5-7-11)14(20)18-12-8-9-12/h4-7,12-13H,8-9,17H2,1-3H3,(H,18,20)(H,19,21)/t13-/m1/s1. The van der Waals surface area contributed by atoms with Gasteiger partial charge in [-0.25, -0.2) is 0 Å². The highest BCUT2D eigenvalue weighted by atomic mass is 16.2. The lowest BCUT2D eigenvalue weighted by Crippen LogP contribution is -2.45. The van der Waals surface area contributed by atoms with Crippen LogP contribution in [0.15, 0.2) is 24.3 Å². The number of benzene rings is 1. The Morgan fingerprint density at radius 2 is 1.76 bits per heavy atom. The van der Waals surface area contributed by atoms with Crippen molar-refractivity contribution in [2.45, 2.75) is 45.7 Å². The molecule has 5 heteroatoms. The van der Waals surface area contributed by atoms with E-state index in [1.54, 1.807) is 24.3 Å². The van der Waals surface area contributed by atoms with Gasteiger partial charge in [0, 0.05) is 17.3 Å². The number of hydrogen-bond acceptors (Lipinski definition) is 3. The zero-order valence-electron chi connectivity index (χ0n) is 12.8. The van der Waals surface area contributed by atoms with Gasteiger partial charge in [-0.2, -0.15) is 0 Å². The van der Waals surface area contributed by atoms with Crippen LogP contribution in [-0.2, 0) is 4.79 Å². The molecule has 21 heavy (non-hydrogen) atoms. The minimum Gasteiger partial charge on any atom is -0.349 e. The van der Waals surface area contributed by atoms with E-state index in [4.69, 9.17) is 5.73 Å². The van der Waals surface area contributed by atoms with Crippen LogP contribution in [0.3, 0.4) is 0 Å². The maximum Gasteiger partial charge on any atom is 0.251 e. The van der Waals surface area contributed by atoms with Gasteiger partial charge in [0.05, 0.1) is 6.04 Å². The molecule has 114 valence electrons. The third-order valence-electron chi connectivity index (χ3n) is 3.54. The van der Waals surface area contributed by atoms with E-state index in [1.165, 1.54) is 0 Å². The van der Waals surface area contributed by atoms with Crippen molar-refractivity contribution >= 4 is 17.5 Å². The average Bonchev–Trinajstić information content (AvgIpc) is 3.21. The van der Waals surface area contributed by atoms with Gasteiger partial charge in [0.1, 0.15) is 0 Å². The number of anilines is 1. The smallest absolute Gasteiger partial charge is 0.251 e. The van der Waals surface area contributed by atoms with Crippen LogP contribution < -0.4 is 16.4 Å². The minimum atomic E-state index is -0.588. The largest absolute Gasteiger partial charge is 0.349 e. The molecule has 1 aromatic rings. The van der Waals surface area contributed by atoms with Gasteiger partial charge in [-0.3, -0.25) is 9.59 Å². The Labute approximate surface area is 125 Å². The lowest BCUT2D eigenvalue weighted by Gasteiger charge is -2.25. The van der Waals surface area contributed by atoms with Crippen LogP contribution in [-0.4, -0.2) is 23.9 Å². The van der Waals surface area contributed by atoms with E-state index in [0.29, 0.717) is 17.3 Å². The molecule has 1 aromatic carbocycles. The van der Waals surface area contributed by atoms with Crippen LogP contribution in [0.4, 0.5) is 5.69 Å². The quantitative estimate of drug-likeness (QED) is 0.791. The van der Waals surface area contributed by atoms with Crippen molar-refractivity contribution in [2.24, 2.45) is 11.1 Å². The molecule has 1 atom stereocenters. The molecule has 0 aliphatic heterocycles. The summed E-state index contributed by atoms with van der Waals surface area (Å²) in [7, 11) is 0. The number of nitrogens with two attached hydrogens (primary N) is 1. The lowest BCUT2D eigenvalue weighted by molar-refractivity contribution is -0.119. The fourth-order valence-corrected chi connectivity index (χ4v) is 1.81. The molecule has 0 heterocycles. The van der Waals surface area contributed by atoms with Gasteiger partial charge in [0.25, 0.3) is 5.91 Å². The molecule has 0 bridgehead atoms. The first-order chi connectivity index (χ1) is 9.77. The zero-order chi connectivity index (χ0) is 15.6. The molecule has 0 saturated heterocycles. The van der Waals surface area contributed by atoms with Crippen molar-refractivity contribution in [1.29, 1.82) is 0 Å². The van der Waals surface area contributed by atoms with Gasteiger partial charge in [-0.05, 0) is 42.5 Å². The topological polar surface area (TPSA) is 84.2 Å². The van der Waals surface area contributed by atoms with Crippen LogP contribution in [0, 0.1) is 5.41 Å². The summed E-state index contributed by atoms with van der Waals surface area (Å²) in [4.78, 5) is 23.9. The number of hydrogen-bond donors (Lipinski definition) is 3. The van der Waals surface area contributed by atoms with Crippen LogP contribution >= 0.6 is 0 Å². The van der Waals surface area contributed by atoms with E-state index in [0.717, 1.165) is 12.8 Å². The van der Waals surface area contributed by atoms with Gasteiger partial charge in [0.2, 0.25) is 5.91 Å². The van der Waals surface area contributed by atoms with E-state index >= 15 is 0 Å². The molecule has 4 N–H and O–H groups in total. The first-order valence-electron chi connectivity index (χ1n) is 7.25. The van der Waals surface area contributed by atoms with Crippen LogP contribution in [0.5, 0.6) is 0 Å². The fourth-order valence-electron chi connectivity index (χ4n) is 1.81. The van der Waals surface area contributed by atoms with Crippen LogP contribution in [0.2, 0.25) is 0 Å². The Bertz CT molecular complexity index is 527. The monoisotopic (exact) mass is 289 g/mol. The SMILES string of the molecule is CC(C)(C)[C@H](N)C(=O)Nc1ccc(C(=O)NC2CC2)cc1. The second-order valence-corrected chi connectivity index (χ2v) is 6.66. The first kappa shape index (κ1) is 15.5. The first-order valence-corrected chi connectivity index (χ1v) is 7.25. The van der Waals surface area contributed by atoms with Gasteiger partial charge in [0.15, 0.2) is 0 Å². The molecule has 2 rings (SSSR count). The molecule has 1 saturated carbocycles. The maximum absolute atomic E-state index is 12.0. The predicted molar refractivity (Wildman–Crippen MR) is 83.0 cm³/mol. The van der Waals surface area contributed by atoms with Gasteiger partial charge >= 0.3 is 0 Å². The van der Waals surface area contributed by atoms with Crippen molar-refractivity contribution in [3.8, 4) is 0 Å². The molecule has 0 radical (unpaired) electrons. The lowest BCUT2D eigenvalue weighted by atomic mass is 9.87. The maximum atomic E-state index is 12.0. The number of nitrogens with one attached hydrogen (secondary N) is 2. The van der Waals surface area contributed by atoms with Gasteiger partial charge < -0.3 is 16.4 Å². The average molecular weight is 289 g/mol. The van der Waals surface area contributed by atoms with E-state index in [9.17, 15) is 9.59 Å². The van der Waals surface area contributed by atoms with Crippen molar-refractivity contribution < 1.29 is 9.59 Å². The predicted octanol–water partition coefficient (Wildman–Crippen LogP) is 1.89. The number of carbonyl (C=O) groups excluding carboxylic acids is 2. The summed E-state index contributed by atoms with van der Waals surface area (Å²) in [6.45, 7) is 5.76. The van der Waals surface area contributed by atoms with E-state index < -0.39 is 6.04 Å². The second kappa shape index (κ2) is 5.85. The Hall–Kier alpha value is -1.88. The van der Waals surface area contributed by atoms with Gasteiger partial charge in [-0.15, -0.1) is 0 Å². The summed E-state index contributed by atoms with van der Waals surface area (Å²) in [6, 6.07) is 6.59. The summed E-state index contributed by atoms with van der Waals surface area (Å²) in [5.41, 5.74) is 6.85. The minimum absolute atomic E-state index is 0.0678. The van der Waals surface area contributed by atoms with Crippen molar-refractivity contribution in [3.63, 3.8) is 0 Å². The summed E-state index contributed by atoms with van der Waals surface area (Å²) in [5.74, 6) is -0.292.